The van der Waals surface area contributed by atoms with Crippen LogP contribution in [0, 0.1) is 5.92 Å². The van der Waals surface area contributed by atoms with Crippen LogP contribution < -0.4 is 15.0 Å². The fourth-order valence-corrected chi connectivity index (χ4v) is 6.49. The third kappa shape index (κ3) is 4.49. The number of aromatic nitrogens is 2. The molecule has 0 fully saturated rings. The summed E-state index contributed by atoms with van der Waals surface area (Å²) < 4.78 is 12.7. The molecule has 2 aromatic carbocycles. The minimum atomic E-state index is -0.0832. The standard InChI is InChI=1S/C26H24BrClN2O3S/c1-3-32-20-12-16(11-18(27)23(20)33-13-15-6-4-5-7-19(15)28)24-29-25(31)22-17-9-8-14(2)10-21(17)34-26(22)30-24/h4-7,11-12,14H,3,8-10,13H2,1-2H3,(H,29,30,31). The Bertz CT molecular complexity index is 1430. The van der Waals surface area contributed by atoms with Gasteiger partial charge in [-0.2, -0.15) is 0 Å². The van der Waals surface area contributed by atoms with Gasteiger partial charge in [0.2, 0.25) is 0 Å². The van der Waals surface area contributed by atoms with E-state index < -0.39 is 0 Å². The topological polar surface area (TPSA) is 64.2 Å². The molecule has 5 nitrogen and oxygen atoms in total. The average molecular weight is 560 g/mol. The second-order valence-electron chi connectivity index (χ2n) is 8.54. The number of halogens is 2. The third-order valence-electron chi connectivity index (χ3n) is 6.08. The van der Waals surface area contributed by atoms with Crippen molar-refractivity contribution in [3.05, 3.63) is 72.3 Å². The highest BCUT2D eigenvalue weighted by atomic mass is 79.9. The third-order valence-corrected chi connectivity index (χ3v) is 8.18. The molecule has 0 aliphatic heterocycles. The molecule has 0 radical (unpaired) electrons. The minimum Gasteiger partial charge on any atom is -0.490 e. The van der Waals surface area contributed by atoms with Gasteiger partial charge in [0.25, 0.3) is 5.56 Å². The molecule has 2 aromatic heterocycles. The summed E-state index contributed by atoms with van der Waals surface area (Å²) in [4.78, 5) is 23.0. The van der Waals surface area contributed by atoms with E-state index in [1.165, 1.54) is 10.4 Å². The maximum atomic E-state index is 13.1. The molecule has 34 heavy (non-hydrogen) atoms. The molecule has 0 saturated heterocycles. The molecule has 1 aliphatic rings. The molecular formula is C26H24BrClN2O3S. The summed E-state index contributed by atoms with van der Waals surface area (Å²) >= 11 is 11.5. The van der Waals surface area contributed by atoms with Crippen LogP contribution in [0.25, 0.3) is 21.6 Å². The van der Waals surface area contributed by atoms with Crippen molar-refractivity contribution in [3.8, 4) is 22.9 Å². The fraction of sp³-hybridized carbons (Fsp3) is 0.308. The number of nitrogens with zero attached hydrogens (tertiary/aromatic N) is 1. The highest BCUT2D eigenvalue weighted by Crippen LogP contribution is 2.41. The molecule has 2 heterocycles. The van der Waals surface area contributed by atoms with Gasteiger partial charge < -0.3 is 14.5 Å². The molecule has 1 unspecified atom stereocenters. The van der Waals surface area contributed by atoms with Crippen LogP contribution in [0.5, 0.6) is 11.5 Å². The smallest absolute Gasteiger partial charge is 0.260 e. The lowest BCUT2D eigenvalue weighted by Gasteiger charge is -2.17. The van der Waals surface area contributed by atoms with Crippen molar-refractivity contribution in [1.29, 1.82) is 0 Å². The molecule has 0 spiro atoms. The first-order valence-electron chi connectivity index (χ1n) is 11.3. The molecule has 1 aliphatic carbocycles. The monoisotopic (exact) mass is 558 g/mol. The Labute approximate surface area is 215 Å². The maximum Gasteiger partial charge on any atom is 0.260 e. The van der Waals surface area contributed by atoms with Gasteiger partial charge in [0.15, 0.2) is 11.5 Å². The van der Waals surface area contributed by atoms with E-state index in [0.717, 1.165) is 40.6 Å². The lowest BCUT2D eigenvalue weighted by Crippen LogP contribution is -2.13. The van der Waals surface area contributed by atoms with Crippen molar-refractivity contribution >= 4 is 49.1 Å². The van der Waals surface area contributed by atoms with Crippen molar-refractivity contribution in [2.75, 3.05) is 6.61 Å². The summed E-state index contributed by atoms with van der Waals surface area (Å²) in [6, 6.07) is 11.3. The van der Waals surface area contributed by atoms with E-state index in [-0.39, 0.29) is 5.56 Å². The Hall–Kier alpha value is -2.35. The molecule has 8 heteroatoms. The van der Waals surface area contributed by atoms with Gasteiger partial charge in [0, 0.05) is 21.0 Å². The normalized spacial score (nSPS) is 15.4. The summed E-state index contributed by atoms with van der Waals surface area (Å²) in [7, 11) is 0. The Morgan fingerprint density at radius 1 is 1.26 bits per heavy atom. The quantitative estimate of drug-likeness (QED) is 0.272. The molecule has 176 valence electrons. The zero-order chi connectivity index (χ0) is 23.8. The van der Waals surface area contributed by atoms with Crippen LogP contribution >= 0.6 is 38.9 Å². The highest BCUT2D eigenvalue weighted by Gasteiger charge is 2.24. The number of rotatable bonds is 6. The van der Waals surface area contributed by atoms with E-state index in [9.17, 15) is 4.79 Å². The van der Waals surface area contributed by atoms with E-state index in [4.69, 9.17) is 26.1 Å². The summed E-state index contributed by atoms with van der Waals surface area (Å²) in [5.74, 6) is 2.31. The van der Waals surface area contributed by atoms with Gasteiger partial charge in [-0.3, -0.25) is 4.79 Å². The molecule has 0 amide bonds. The first-order valence-corrected chi connectivity index (χ1v) is 13.3. The number of hydrogen-bond acceptors (Lipinski definition) is 5. The number of thiophene rings is 1. The lowest BCUT2D eigenvalue weighted by molar-refractivity contribution is 0.268. The minimum absolute atomic E-state index is 0.0832. The first-order chi connectivity index (χ1) is 16.4. The molecule has 0 bridgehead atoms. The number of nitrogens with one attached hydrogen (secondary N) is 1. The van der Waals surface area contributed by atoms with Crippen molar-refractivity contribution in [1.82, 2.24) is 9.97 Å². The number of benzene rings is 2. The number of aromatic amines is 1. The van der Waals surface area contributed by atoms with Crippen LogP contribution in [0.1, 0.15) is 36.3 Å². The van der Waals surface area contributed by atoms with Gasteiger partial charge in [0.1, 0.15) is 17.3 Å². The molecule has 1 atom stereocenters. The van der Waals surface area contributed by atoms with Crippen LogP contribution in [0.3, 0.4) is 0 Å². The molecule has 4 aromatic rings. The molecule has 5 rings (SSSR count). The first kappa shape index (κ1) is 23.4. The Morgan fingerprint density at radius 3 is 2.88 bits per heavy atom. The summed E-state index contributed by atoms with van der Waals surface area (Å²) in [5.41, 5.74) is 2.73. The Morgan fingerprint density at radius 2 is 2.09 bits per heavy atom. The predicted octanol–water partition coefficient (Wildman–Crippen LogP) is 7.17. The zero-order valence-corrected chi connectivity index (χ0v) is 22.1. The SMILES string of the molecule is CCOc1cc(-c2nc3sc4c(c3c(=O)[nH]2)CCC(C)C4)cc(Br)c1OCc1ccccc1Cl. The van der Waals surface area contributed by atoms with Gasteiger partial charge in [0.05, 0.1) is 16.5 Å². The number of H-pyrrole nitrogens is 1. The Balaban J connectivity index is 1.52. The van der Waals surface area contributed by atoms with Crippen LogP contribution in [0.2, 0.25) is 5.02 Å². The summed E-state index contributed by atoms with van der Waals surface area (Å²) in [6.07, 6.45) is 3.07. The largest absolute Gasteiger partial charge is 0.490 e. The van der Waals surface area contributed by atoms with Crippen LogP contribution in [-0.4, -0.2) is 16.6 Å². The van der Waals surface area contributed by atoms with Crippen LogP contribution in [0.4, 0.5) is 0 Å². The van der Waals surface area contributed by atoms with Gasteiger partial charge in [-0.1, -0.05) is 36.7 Å². The van der Waals surface area contributed by atoms with Crippen molar-refractivity contribution < 1.29 is 9.47 Å². The van der Waals surface area contributed by atoms with Crippen molar-refractivity contribution in [3.63, 3.8) is 0 Å². The van der Waals surface area contributed by atoms with Crippen LogP contribution in [-0.2, 0) is 19.4 Å². The van der Waals surface area contributed by atoms with E-state index in [0.29, 0.717) is 46.0 Å². The van der Waals surface area contributed by atoms with Gasteiger partial charge in [-0.05, 0) is 71.8 Å². The number of hydrogen-bond donors (Lipinski definition) is 1. The maximum absolute atomic E-state index is 13.1. The van der Waals surface area contributed by atoms with Gasteiger partial charge in [-0.25, -0.2) is 4.98 Å². The molecule has 1 N–H and O–H groups in total. The van der Waals surface area contributed by atoms with E-state index in [2.05, 4.69) is 27.8 Å². The van der Waals surface area contributed by atoms with Gasteiger partial charge >= 0.3 is 0 Å². The zero-order valence-electron chi connectivity index (χ0n) is 18.9. The van der Waals surface area contributed by atoms with Crippen molar-refractivity contribution in [2.24, 2.45) is 5.92 Å². The van der Waals surface area contributed by atoms with E-state index in [1.54, 1.807) is 11.3 Å². The summed E-state index contributed by atoms with van der Waals surface area (Å²) in [6.45, 7) is 4.95. The lowest BCUT2D eigenvalue weighted by atomic mass is 9.89. The number of aryl methyl sites for hydroxylation is 1. The number of fused-ring (bicyclic) bond motifs is 3. The van der Waals surface area contributed by atoms with Crippen LogP contribution in [0.15, 0.2) is 45.7 Å². The Kier molecular flexibility index (Phi) is 6.69. The fourth-order valence-electron chi connectivity index (χ4n) is 4.36. The highest BCUT2D eigenvalue weighted by molar-refractivity contribution is 9.10. The number of ether oxygens (including phenoxy) is 2. The van der Waals surface area contributed by atoms with Gasteiger partial charge in [-0.15, -0.1) is 11.3 Å². The average Bonchev–Trinajstić information content (AvgIpc) is 3.17. The predicted molar refractivity (Wildman–Crippen MR) is 142 cm³/mol. The molecular weight excluding hydrogens is 536 g/mol. The second-order valence-corrected chi connectivity index (χ2v) is 10.9. The second kappa shape index (κ2) is 9.72. The van der Waals surface area contributed by atoms with E-state index >= 15 is 0 Å². The van der Waals surface area contributed by atoms with E-state index in [1.807, 2.05) is 43.3 Å². The van der Waals surface area contributed by atoms with Crippen molar-refractivity contribution in [2.45, 2.75) is 39.7 Å². The molecule has 0 saturated carbocycles. The summed E-state index contributed by atoms with van der Waals surface area (Å²) in [5, 5.41) is 1.40.